The van der Waals surface area contributed by atoms with Gasteiger partial charge in [0.05, 0.1) is 30.0 Å². The van der Waals surface area contributed by atoms with Crippen LogP contribution in [0.4, 0.5) is 0 Å². The molecule has 0 spiro atoms. The van der Waals surface area contributed by atoms with Gasteiger partial charge in [-0.25, -0.2) is 0 Å². The molecule has 1 aromatic heterocycles. The van der Waals surface area contributed by atoms with Crippen molar-refractivity contribution >= 4 is 33.5 Å². The summed E-state index contributed by atoms with van der Waals surface area (Å²) in [7, 11) is 3.04. The van der Waals surface area contributed by atoms with Crippen molar-refractivity contribution < 1.29 is 18.6 Å². The zero-order chi connectivity index (χ0) is 18.8. The molecule has 0 N–H and O–H groups in total. The summed E-state index contributed by atoms with van der Waals surface area (Å²) >= 11 is 6.28. The summed E-state index contributed by atoms with van der Waals surface area (Å²) in [6, 6.07) is 6.44. The van der Waals surface area contributed by atoms with Gasteiger partial charge in [-0.3, -0.25) is 4.79 Å². The Hall–Kier alpha value is -2.66. The first-order valence-electron chi connectivity index (χ1n) is 8.03. The number of benzene rings is 2. The third kappa shape index (κ3) is 3.35. The van der Waals surface area contributed by atoms with Gasteiger partial charge >= 0.3 is 0 Å². The maximum Gasteiger partial charge on any atom is 0.200 e. The van der Waals surface area contributed by atoms with Gasteiger partial charge in [0.1, 0.15) is 23.5 Å². The molecule has 0 aliphatic rings. The summed E-state index contributed by atoms with van der Waals surface area (Å²) in [5.74, 6) is 1.40. The number of rotatable bonds is 5. The van der Waals surface area contributed by atoms with Gasteiger partial charge in [-0.15, -0.1) is 0 Å². The molecule has 3 rings (SSSR count). The molecule has 3 aromatic rings. The van der Waals surface area contributed by atoms with Crippen LogP contribution in [0.5, 0.6) is 17.2 Å². The van der Waals surface area contributed by atoms with Crippen molar-refractivity contribution in [3.63, 3.8) is 0 Å². The normalized spacial score (nSPS) is 10.8. The van der Waals surface area contributed by atoms with Crippen LogP contribution in [0.3, 0.4) is 0 Å². The summed E-state index contributed by atoms with van der Waals surface area (Å²) < 4.78 is 22.1. The first kappa shape index (κ1) is 18.1. The highest BCUT2D eigenvalue weighted by atomic mass is 35.5. The van der Waals surface area contributed by atoms with Crippen LogP contribution < -0.4 is 19.6 Å². The number of ether oxygens (including phenoxy) is 3. The van der Waals surface area contributed by atoms with E-state index < -0.39 is 0 Å². The molecular formula is C20H19ClO5. The summed E-state index contributed by atoms with van der Waals surface area (Å²) in [5, 5.41) is 1.13. The number of hydrogen-bond acceptors (Lipinski definition) is 5. The first-order valence-corrected chi connectivity index (χ1v) is 8.40. The van der Waals surface area contributed by atoms with Crippen LogP contribution in [0.1, 0.15) is 13.8 Å². The molecular weight excluding hydrogens is 356 g/mol. The molecule has 0 amide bonds. The van der Waals surface area contributed by atoms with Crippen LogP contribution in [0.25, 0.3) is 21.9 Å². The summed E-state index contributed by atoms with van der Waals surface area (Å²) in [5.41, 5.74) is 1.74. The van der Waals surface area contributed by atoms with Gasteiger partial charge in [0, 0.05) is 12.1 Å². The molecule has 5 nitrogen and oxygen atoms in total. The van der Waals surface area contributed by atoms with E-state index in [1.807, 2.05) is 19.9 Å². The summed E-state index contributed by atoms with van der Waals surface area (Å²) in [4.78, 5) is 12.9. The Morgan fingerprint density at radius 3 is 2.19 bits per heavy atom. The topological polar surface area (TPSA) is 57.9 Å². The average molecular weight is 375 g/mol. The van der Waals surface area contributed by atoms with Gasteiger partial charge < -0.3 is 18.6 Å². The van der Waals surface area contributed by atoms with Gasteiger partial charge in [0.25, 0.3) is 0 Å². The number of fused-ring (bicyclic) bond motifs is 2. The largest absolute Gasteiger partial charge is 0.493 e. The number of halogens is 1. The van der Waals surface area contributed by atoms with Crippen molar-refractivity contribution in [3.8, 4) is 17.2 Å². The lowest BCUT2D eigenvalue weighted by Crippen LogP contribution is -2.04. The van der Waals surface area contributed by atoms with Gasteiger partial charge in [0.15, 0.2) is 11.5 Å². The van der Waals surface area contributed by atoms with Crippen LogP contribution in [0, 0.1) is 0 Å². The molecule has 0 fully saturated rings. The van der Waals surface area contributed by atoms with Crippen molar-refractivity contribution in [2.24, 2.45) is 0 Å². The van der Waals surface area contributed by atoms with Gasteiger partial charge in [-0.05, 0) is 32.1 Å². The molecule has 136 valence electrons. The standard InChI is InChI=1S/C20H19ClO5/c1-11(2)5-6-25-17-9-15-12(7-14(17)21)20(22)13-8-18(23-3)19(24-4)10-16(13)26-15/h5,7-10H,6H2,1-4H3. The van der Waals surface area contributed by atoms with Crippen LogP contribution in [-0.4, -0.2) is 20.8 Å². The Kier molecular flexibility index (Phi) is 5.09. The third-order valence-corrected chi connectivity index (χ3v) is 4.25. The SMILES string of the molecule is COc1cc2oc3cc(OCC=C(C)C)c(Cl)cc3c(=O)c2cc1OC. The molecule has 0 bridgehead atoms. The molecule has 26 heavy (non-hydrogen) atoms. The second-order valence-electron chi connectivity index (χ2n) is 6.01. The van der Waals surface area contributed by atoms with Crippen molar-refractivity contribution in [1.29, 1.82) is 0 Å². The minimum atomic E-state index is -0.194. The van der Waals surface area contributed by atoms with Crippen molar-refractivity contribution in [1.82, 2.24) is 0 Å². The molecule has 0 saturated heterocycles. The molecule has 1 heterocycles. The lowest BCUT2D eigenvalue weighted by molar-refractivity contribution is 0.355. The molecule has 0 radical (unpaired) electrons. The maximum atomic E-state index is 12.9. The van der Waals surface area contributed by atoms with E-state index in [4.69, 9.17) is 30.2 Å². The Balaban J connectivity index is 2.19. The zero-order valence-electron chi connectivity index (χ0n) is 15.0. The average Bonchev–Trinajstić information content (AvgIpc) is 2.62. The van der Waals surface area contributed by atoms with Crippen molar-refractivity contribution in [2.45, 2.75) is 13.8 Å². The van der Waals surface area contributed by atoms with E-state index in [-0.39, 0.29) is 5.43 Å². The predicted octanol–water partition coefficient (Wildman–Crippen LogP) is 4.96. The molecule has 0 unspecified atom stereocenters. The van der Waals surface area contributed by atoms with E-state index in [2.05, 4.69) is 0 Å². The fraction of sp³-hybridized carbons (Fsp3) is 0.250. The van der Waals surface area contributed by atoms with Gasteiger partial charge in [-0.2, -0.15) is 0 Å². The predicted molar refractivity (Wildman–Crippen MR) is 103 cm³/mol. The molecule has 0 saturated carbocycles. The highest BCUT2D eigenvalue weighted by Crippen LogP contribution is 2.34. The zero-order valence-corrected chi connectivity index (χ0v) is 15.8. The van der Waals surface area contributed by atoms with E-state index in [1.165, 1.54) is 14.2 Å². The Morgan fingerprint density at radius 2 is 1.58 bits per heavy atom. The Labute approximate surface area is 155 Å². The molecule has 0 aliphatic carbocycles. The molecule has 0 atom stereocenters. The fourth-order valence-electron chi connectivity index (χ4n) is 2.59. The Bertz CT molecular complexity index is 1060. The summed E-state index contributed by atoms with van der Waals surface area (Å²) in [6.07, 6.45) is 1.94. The number of allylic oxidation sites excluding steroid dienone is 1. The first-order chi connectivity index (χ1) is 12.4. The molecule has 0 aliphatic heterocycles. The van der Waals surface area contributed by atoms with E-state index in [1.54, 1.807) is 24.3 Å². The van der Waals surface area contributed by atoms with E-state index in [0.717, 1.165) is 5.57 Å². The molecule has 6 heteroatoms. The maximum absolute atomic E-state index is 12.9. The number of methoxy groups -OCH3 is 2. The monoisotopic (exact) mass is 374 g/mol. The van der Waals surface area contributed by atoms with Crippen molar-refractivity contribution in [2.75, 3.05) is 20.8 Å². The van der Waals surface area contributed by atoms with Crippen molar-refractivity contribution in [3.05, 3.63) is 51.2 Å². The molecule has 2 aromatic carbocycles. The minimum Gasteiger partial charge on any atom is -0.493 e. The van der Waals surface area contributed by atoms with Crippen LogP contribution in [0.2, 0.25) is 5.02 Å². The van der Waals surface area contributed by atoms with E-state index in [0.29, 0.717) is 50.8 Å². The van der Waals surface area contributed by atoms with Crippen LogP contribution >= 0.6 is 11.6 Å². The quantitative estimate of drug-likeness (QED) is 0.466. The third-order valence-electron chi connectivity index (χ3n) is 3.96. The van der Waals surface area contributed by atoms with E-state index in [9.17, 15) is 4.79 Å². The lowest BCUT2D eigenvalue weighted by Gasteiger charge is -2.10. The second-order valence-corrected chi connectivity index (χ2v) is 6.41. The van der Waals surface area contributed by atoms with Crippen LogP contribution in [0.15, 0.2) is 45.1 Å². The van der Waals surface area contributed by atoms with E-state index >= 15 is 0 Å². The fourth-order valence-corrected chi connectivity index (χ4v) is 2.81. The smallest absolute Gasteiger partial charge is 0.200 e. The summed E-state index contributed by atoms with van der Waals surface area (Å²) in [6.45, 7) is 4.35. The minimum absolute atomic E-state index is 0.194. The lowest BCUT2D eigenvalue weighted by atomic mass is 10.1. The second kappa shape index (κ2) is 7.30. The van der Waals surface area contributed by atoms with Gasteiger partial charge in [0.2, 0.25) is 5.43 Å². The highest BCUT2D eigenvalue weighted by molar-refractivity contribution is 6.32. The Morgan fingerprint density at radius 1 is 1.00 bits per heavy atom. The highest BCUT2D eigenvalue weighted by Gasteiger charge is 2.15. The van der Waals surface area contributed by atoms with Gasteiger partial charge in [-0.1, -0.05) is 17.2 Å². The number of hydrogen-bond donors (Lipinski definition) is 0. The van der Waals surface area contributed by atoms with Crippen LogP contribution in [-0.2, 0) is 0 Å².